The van der Waals surface area contributed by atoms with E-state index in [9.17, 15) is 0 Å². The number of aryl methyl sites for hydroxylation is 1. The molecule has 88 valence electrons. The number of hydrogen-bond acceptors (Lipinski definition) is 3. The van der Waals surface area contributed by atoms with Gasteiger partial charge in [-0.2, -0.15) is 0 Å². The average molecular weight is 294 g/mol. The molecule has 4 nitrogen and oxygen atoms in total. The molecule has 17 heavy (non-hydrogen) atoms. The first-order valence-electron chi connectivity index (χ1n) is 5.14. The quantitative estimate of drug-likeness (QED) is 0.699. The molecular formula is C12H12BrN3O. The monoisotopic (exact) mass is 293 g/mol. The summed E-state index contributed by atoms with van der Waals surface area (Å²) in [5.74, 6) is 0.830. The van der Waals surface area contributed by atoms with Gasteiger partial charge in [0.15, 0.2) is 5.84 Å². The summed E-state index contributed by atoms with van der Waals surface area (Å²) in [5.41, 5.74) is 8.15. The molecule has 0 spiro atoms. The van der Waals surface area contributed by atoms with E-state index >= 15 is 0 Å². The lowest BCUT2D eigenvalue weighted by Crippen LogP contribution is -2.12. The van der Waals surface area contributed by atoms with Crippen molar-refractivity contribution < 1.29 is 4.52 Å². The number of nitrogens with zero attached hydrogens (tertiary/aromatic N) is 2. The summed E-state index contributed by atoms with van der Waals surface area (Å²) in [4.78, 5) is 4.28. The van der Waals surface area contributed by atoms with Crippen LogP contribution in [-0.2, 0) is 6.54 Å². The van der Waals surface area contributed by atoms with Gasteiger partial charge < -0.3 is 10.3 Å². The minimum atomic E-state index is 0.353. The zero-order valence-electron chi connectivity index (χ0n) is 9.35. The van der Waals surface area contributed by atoms with Gasteiger partial charge in [-0.05, 0) is 34.0 Å². The molecule has 0 aliphatic heterocycles. The number of nitrogens with two attached hydrogens (primary N) is 1. The number of aromatic nitrogens is 1. The Bertz CT molecular complexity index is 548. The number of hydrogen-bond donors (Lipinski definition) is 1. The summed E-state index contributed by atoms with van der Waals surface area (Å²) in [6.07, 6.45) is 0. The van der Waals surface area contributed by atoms with Crippen LogP contribution in [0.15, 0.2) is 44.5 Å². The van der Waals surface area contributed by atoms with Gasteiger partial charge in [0.2, 0.25) is 5.76 Å². The molecule has 0 unspecified atom stereocenters. The second-order valence-corrected chi connectivity index (χ2v) is 4.45. The van der Waals surface area contributed by atoms with E-state index in [4.69, 9.17) is 10.3 Å². The van der Waals surface area contributed by atoms with Crippen LogP contribution in [0.25, 0.3) is 0 Å². The van der Waals surface area contributed by atoms with Crippen molar-refractivity contribution in [2.24, 2.45) is 10.7 Å². The van der Waals surface area contributed by atoms with E-state index in [2.05, 4.69) is 26.1 Å². The zero-order valence-corrected chi connectivity index (χ0v) is 10.9. The molecule has 1 heterocycles. The van der Waals surface area contributed by atoms with Crippen molar-refractivity contribution in [3.05, 3.63) is 51.8 Å². The van der Waals surface area contributed by atoms with E-state index in [-0.39, 0.29) is 0 Å². The maximum Gasteiger partial charge on any atom is 0.202 e. The highest BCUT2D eigenvalue weighted by molar-refractivity contribution is 9.10. The third-order valence-electron chi connectivity index (χ3n) is 2.41. The first-order chi connectivity index (χ1) is 8.16. The van der Waals surface area contributed by atoms with Crippen molar-refractivity contribution in [1.29, 1.82) is 0 Å². The Hall–Kier alpha value is -1.62. The lowest BCUT2D eigenvalue weighted by Gasteiger charge is -2.01. The summed E-state index contributed by atoms with van der Waals surface area (Å²) < 4.78 is 5.60. The van der Waals surface area contributed by atoms with Crippen molar-refractivity contribution in [2.75, 3.05) is 0 Å². The van der Waals surface area contributed by atoms with Crippen molar-refractivity contribution in [1.82, 2.24) is 5.16 Å². The van der Waals surface area contributed by atoms with Crippen LogP contribution >= 0.6 is 15.9 Å². The SMILES string of the molecule is Cc1ccccc1CN=C(N)c1cc(Br)no1. The first kappa shape index (κ1) is 11.9. The highest BCUT2D eigenvalue weighted by Gasteiger charge is 2.05. The van der Waals surface area contributed by atoms with Gasteiger partial charge in [0.25, 0.3) is 0 Å². The van der Waals surface area contributed by atoms with Crippen molar-refractivity contribution >= 4 is 21.8 Å². The summed E-state index contributed by atoms with van der Waals surface area (Å²) in [6.45, 7) is 2.59. The summed E-state index contributed by atoms with van der Waals surface area (Å²) in [7, 11) is 0. The largest absolute Gasteiger partial charge is 0.381 e. The maximum atomic E-state index is 5.80. The van der Waals surface area contributed by atoms with Gasteiger partial charge in [0.05, 0.1) is 6.54 Å². The third-order valence-corrected chi connectivity index (χ3v) is 2.79. The van der Waals surface area contributed by atoms with Crippen LogP contribution in [0.2, 0.25) is 0 Å². The smallest absolute Gasteiger partial charge is 0.202 e. The molecule has 2 N–H and O–H groups in total. The highest BCUT2D eigenvalue weighted by atomic mass is 79.9. The Balaban J connectivity index is 2.13. The third kappa shape index (κ3) is 2.94. The first-order valence-corrected chi connectivity index (χ1v) is 5.93. The Kier molecular flexibility index (Phi) is 3.58. The second-order valence-electron chi connectivity index (χ2n) is 3.64. The van der Waals surface area contributed by atoms with Crippen LogP contribution in [0, 0.1) is 6.92 Å². The van der Waals surface area contributed by atoms with E-state index < -0.39 is 0 Å². The fourth-order valence-corrected chi connectivity index (χ4v) is 1.69. The lowest BCUT2D eigenvalue weighted by atomic mass is 10.1. The average Bonchev–Trinajstić information content (AvgIpc) is 2.74. The van der Waals surface area contributed by atoms with E-state index in [0.717, 1.165) is 5.56 Å². The van der Waals surface area contributed by atoms with Crippen LogP contribution < -0.4 is 5.73 Å². The lowest BCUT2D eigenvalue weighted by molar-refractivity contribution is 0.409. The molecule has 0 saturated heterocycles. The molecule has 0 fully saturated rings. The van der Waals surface area contributed by atoms with Gasteiger partial charge in [-0.3, -0.25) is 4.99 Å². The Morgan fingerprint density at radius 2 is 2.24 bits per heavy atom. The van der Waals surface area contributed by atoms with Crippen molar-refractivity contribution in [3.63, 3.8) is 0 Å². The Morgan fingerprint density at radius 3 is 2.88 bits per heavy atom. The second kappa shape index (κ2) is 5.14. The molecule has 1 aromatic heterocycles. The van der Waals surface area contributed by atoms with Crippen LogP contribution in [-0.4, -0.2) is 11.0 Å². The predicted octanol–water partition coefficient (Wildman–Crippen LogP) is 2.65. The van der Waals surface area contributed by atoms with E-state index in [1.54, 1.807) is 6.07 Å². The molecule has 0 atom stereocenters. The molecule has 0 saturated carbocycles. The molecule has 0 bridgehead atoms. The molecule has 2 rings (SSSR count). The molecule has 2 aromatic rings. The minimum Gasteiger partial charge on any atom is -0.381 e. The topological polar surface area (TPSA) is 64.4 Å². The molecule has 0 amide bonds. The number of benzene rings is 1. The number of halogens is 1. The molecule has 5 heteroatoms. The summed E-state index contributed by atoms with van der Waals surface area (Å²) in [5, 5.41) is 3.69. The van der Waals surface area contributed by atoms with Crippen molar-refractivity contribution in [2.45, 2.75) is 13.5 Å². The molecule has 0 radical (unpaired) electrons. The fourth-order valence-electron chi connectivity index (χ4n) is 1.41. The van der Waals surface area contributed by atoms with Gasteiger partial charge >= 0.3 is 0 Å². The van der Waals surface area contributed by atoms with Crippen LogP contribution in [0.3, 0.4) is 0 Å². The van der Waals surface area contributed by atoms with Gasteiger partial charge in [-0.15, -0.1) is 0 Å². The standard InChI is InChI=1S/C12H12BrN3O/c1-8-4-2-3-5-9(8)7-15-12(14)10-6-11(13)16-17-10/h2-6H,7H2,1H3,(H2,14,15). The van der Waals surface area contributed by atoms with Gasteiger partial charge in [-0.25, -0.2) is 0 Å². The summed E-state index contributed by atoms with van der Waals surface area (Å²) in [6, 6.07) is 9.75. The van der Waals surface area contributed by atoms with Gasteiger partial charge in [-0.1, -0.05) is 29.4 Å². The fraction of sp³-hybridized carbons (Fsp3) is 0.167. The minimum absolute atomic E-state index is 0.353. The van der Waals surface area contributed by atoms with Crippen LogP contribution in [0.4, 0.5) is 0 Å². The summed E-state index contributed by atoms with van der Waals surface area (Å²) >= 11 is 3.19. The Labute approximate surface area is 108 Å². The van der Waals surface area contributed by atoms with Crippen LogP contribution in [0.5, 0.6) is 0 Å². The normalized spacial score (nSPS) is 11.8. The van der Waals surface area contributed by atoms with Gasteiger partial charge in [0, 0.05) is 6.07 Å². The molecule has 0 aliphatic rings. The Morgan fingerprint density at radius 1 is 1.47 bits per heavy atom. The van der Waals surface area contributed by atoms with Crippen LogP contribution in [0.1, 0.15) is 16.9 Å². The molecule has 0 aliphatic carbocycles. The number of rotatable bonds is 3. The highest BCUT2D eigenvalue weighted by Crippen LogP contribution is 2.11. The molecule has 1 aromatic carbocycles. The number of amidine groups is 1. The van der Waals surface area contributed by atoms with E-state index in [1.807, 2.05) is 31.2 Å². The maximum absolute atomic E-state index is 5.80. The van der Waals surface area contributed by atoms with Crippen molar-refractivity contribution in [3.8, 4) is 0 Å². The number of aliphatic imine (C=N–C) groups is 1. The van der Waals surface area contributed by atoms with E-state index in [1.165, 1.54) is 5.56 Å². The van der Waals surface area contributed by atoms with E-state index in [0.29, 0.717) is 22.7 Å². The zero-order chi connectivity index (χ0) is 12.3. The van der Waals surface area contributed by atoms with Gasteiger partial charge in [0.1, 0.15) is 4.60 Å². The predicted molar refractivity (Wildman–Crippen MR) is 69.8 cm³/mol. The molecular weight excluding hydrogens is 282 g/mol.